The van der Waals surface area contributed by atoms with E-state index < -0.39 is 10.0 Å². The fourth-order valence-corrected chi connectivity index (χ4v) is 7.08. The van der Waals surface area contributed by atoms with Crippen molar-refractivity contribution in [2.24, 2.45) is 0 Å². The molecule has 9 heteroatoms. The lowest BCUT2D eigenvalue weighted by Gasteiger charge is -2.17. The van der Waals surface area contributed by atoms with Crippen LogP contribution in [-0.2, 0) is 15.8 Å². The fraction of sp³-hybridized carbons (Fsp3) is 0.227. The van der Waals surface area contributed by atoms with Crippen molar-refractivity contribution in [1.29, 1.82) is 0 Å². The number of thiophene rings is 1. The van der Waals surface area contributed by atoms with Crippen molar-refractivity contribution in [2.75, 3.05) is 18.4 Å². The number of anilines is 1. The Morgan fingerprint density at radius 3 is 2.65 bits per heavy atom. The first-order valence-corrected chi connectivity index (χ1v) is 13.5. The van der Waals surface area contributed by atoms with Crippen LogP contribution in [0, 0.1) is 0 Å². The second-order valence-corrected chi connectivity index (χ2v) is 11.2. The minimum absolute atomic E-state index is 0.0242. The molecule has 0 radical (unpaired) electrons. The van der Waals surface area contributed by atoms with Crippen LogP contribution >= 0.6 is 34.7 Å². The first-order chi connectivity index (χ1) is 14.9. The van der Waals surface area contributed by atoms with Crippen molar-refractivity contribution < 1.29 is 13.2 Å². The van der Waals surface area contributed by atoms with E-state index in [-0.39, 0.29) is 21.4 Å². The Hall–Kier alpha value is -1.84. The van der Waals surface area contributed by atoms with Gasteiger partial charge in [0, 0.05) is 29.3 Å². The number of thioether (sulfide) groups is 1. The molecule has 3 aromatic rings. The summed E-state index contributed by atoms with van der Waals surface area (Å²) >= 11 is 9.49. The van der Waals surface area contributed by atoms with Gasteiger partial charge in [-0.05, 0) is 65.6 Å². The van der Waals surface area contributed by atoms with Gasteiger partial charge in [0.05, 0.1) is 10.7 Å². The van der Waals surface area contributed by atoms with Crippen molar-refractivity contribution in [1.82, 2.24) is 4.31 Å². The number of nitrogens with one attached hydrogen (secondary N) is 1. The highest BCUT2D eigenvalue weighted by atomic mass is 35.5. The number of amides is 1. The summed E-state index contributed by atoms with van der Waals surface area (Å²) in [6.45, 7) is 0.952. The highest BCUT2D eigenvalue weighted by Crippen LogP contribution is 2.32. The third kappa shape index (κ3) is 5.15. The minimum atomic E-state index is -3.72. The number of sulfonamides is 1. The van der Waals surface area contributed by atoms with Gasteiger partial charge in [0.15, 0.2) is 0 Å². The highest BCUT2D eigenvalue weighted by molar-refractivity contribution is 7.98. The van der Waals surface area contributed by atoms with E-state index in [9.17, 15) is 13.2 Å². The minimum Gasteiger partial charge on any atom is -0.321 e. The van der Waals surface area contributed by atoms with Crippen LogP contribution in [0.25, 0.3) is 0 Å². The zero-order chi connectivity index (χ0) is 21.8. The van der Waals surface area contributed by atoms with E-state index in [2.05, 4.69) is 16.8 Å². The number of benzene rings is 2. The van der Waals surface area contributed by atoms with Gasteiger partial charge in [0.1, 0.15) is 4.90 Å². The second-order valence-electron chi connectivity index (χ2n) is 7.13. The maximum absolute atomic E-state index is 12.9. The molecule has 2 aromatic carbocycles. The molecule has 1 aliphatic heterocycles. The molecule has 1 amide bonds. The molecule has 1 fully saturated rings. The van der Waals surface area contributed by atoms with Gasteiger partial charge in [-0.1, -0.05) is 23.7 Å². The number of carbonyl (C=O) groups excluding carboxylic acids is 1. The standard InChI is InChI=1S/C22H21ClN2O3S3/c23-18-8-7-17(13-21(18)31(27,28)25-10-3-4-11-25)22(26)24-19-5-1-2-6-20(19)30-15-16-9-12-29-14-16/h1-2,5-9,12-14H,3-4,10-11,15H2,(H,24,26). The van der Waals surface area contributed by atoms with E-state index in [0.29, 0.717) is 18.8 Å². The van der Waals surface area contributed by atoms with E-state index in [1.807, 2.05) is 29.6 Å². The average Bonchev–Trinajstić information content (AvgIpc) is 3.48. The van der Waals surface area contributed by atoms with Crippen LogP contribution < -0.4 is 5.32 Å². The van der Waals surface area contributed by atoms with Crippen LogP contribution in [0.2, 0.25) is 5.02 Å². The van der Waals surface area contributed by atoms with E-state index in [1.54, 1.807) is 29.2 Å². The maximum atomic E-state index is 12.9. The molecular weight excluding hydrogens is 472 g/mol. The molecule has 0 saturated carbocycles. The lowest BCUT2D eigenvalue weighted by molar-refractivity contribution is 0.102. The first kappa shape index (κ1) is 22.4. The van der Waals surface area contributed by atoms with E-state index >= 15 is 0 Å². The van der Waals surface area contributed by atoms with Crippen molar-refractivity contribution in [3.63, 3.8) is 0 Å². The molecule has 31 heavy (non-hydrogen) atoms. The van der Waals surface area contributed by atoms with Gasteiger partial charge in [0.2, 0.25) is 10.0 Å². The van der Waals surface area contributed by atoms with Crippen LogP contribution in [0.3, 0.4) is 0 Å². The van der Waals surface area contributed by atoms with Crippen molar-refractivity contribution >= 4 is 56.3 Å². The van der Waals surface area contributed by atoms with Gasteiger partial charge in [-0.3, -0.25) is 4.79 Å². The van der Waals surface area contributed by atoms with Crippen molar-refractivity contribution in [3.8, 4) is 0 Å². The zero-order valence-corrected chi connectivity index (χ0v) is 19.8. The Kier molecular flexibility index (Phi) is 7.03. The Labute approximate surface area is 195 Å². The van der Waals surface area contributed by atoms with Gasteiger partial charge in [-0.25, -0.2) is 8.42 Å². The topological polar surface area (TPSA) is 66.5 Å². The molecule has 4 rings (SSSR count). The van der Waals surface area contributed by atoms with Gasteiger partial charge in [-0.2, -0.15) is 15.6 Å². The summed E-state index contributed by atoms with van der Waals surface area (Å²) in [5.74, 6) is 0.424. The number of rotatable bonds is 7. The number of hydrogen-bond acceptors (Lipinski definition) is 5. The average molecular weight is 493 g/mol. The van der Waals surface area contributed by atoms with Gasteiger partial charge >= 0.3 is 0 Å². The predicted molar refractivity (Wildman–Crippen MR) is 128 cm³/mol. The van der Waals surface area contributed by atoms with E-state index in [4.69, 9.17) is 11.6 Å². The van der Waals surface area contributed by atoms with Crippen molar-refractivity contribution in [3.05, 3.63) is 75.4 Å². The maximum Gasteiger partial charge on any atom is 0.255 e. The smallest absolute Gasteiger partial charge is 0.255 e. The normalized spacial score (nSPS) is 14.6. The van der Waals surface area contributed by atoms with Crippen LogP contribution in [0.4, 0.5) is 5.69 Å². The van der Waals surface area contributed by atoms with E-state index in [1.165, 1.54) is 22.0 Å². The van der Waals surface area contributed by atoms with Gasteiger partial charge in [0.25, 0.3) is 5.91 Å². The molecule has 0 spiro atoms. The highest BCUT2D eigenvalue weighted by Gasteiger charge is 2.29. The number of hydrogen-bond donors (Lipinski definition) is 1. The summed E-state index contributed by atoms with van der Waals surface area (Å²) in [5, 5.41) is 7.18. The van der Waals surface area contributed by atoms with Crippen LogP contribution in [-0.4, -0.2) is 31.7 Å². The van der Waals surface area contributed by atoms with Crippen LogP contribution in [0.15, 0.2) is 69.1 Å². The number of halogens is 1. The number of para-hydroxylation sites is 1. The Bertz CT molecular complexity index is 1170. The molecule has 1 saturated heterocycles. The van der Waals surface area contributed by atoms with E-state index in [0.717, 1.165) is 23.5 Å². The summed E-state index contributed by atoms with van der Waals surface area (Å²) in [4.78, 5) is 13.9. The monoisotopic (exact) mass is 492 g/mol. The SMILES string of the molecule is O=C(Nc1ccccc1SCc1ccsc1)c1ccc(Cl)c(S(=O)(=O)N2CCCC2)c1. The molecule has 0 bridgehead atoms. The largest absolute Gasteiger partial charge is 0.321 e. The number of nitrogens with zero attached hydrogens (tertiary/aromatic N) is 1. The van der Waals surface area contributed by atoms with Gasteiger partial charge in [-0.15, -0.1) is 11.8 Å². The quantitative estimate of drug-likeness (QED) is 0.427. The Balaban J connectivity index is 1.54. The molecule has 5 nitrogen and oxygen atoms in total. The molecule has 162 valence electrons. The second kappa shape index (κ2) is 9.75. The predicted octanol–water partition coefficient (Wildman–Crippen LogP) is 5.73. The summed E-state index contributed by atoms with van der Waals surface area (Å²) in [6.07, 6.45) is 1.66. The molecular formula is C22H21ClN2O3S3. The summed E-state index contributed by atoms with van der Waals surface area (Å²) in [6, 6.07) is 14.0. The van der Waals surface area contributed by atoms with Crippen LogP contribution in [0.5, 0.6) is 0 Å². The number of carbonyl (C=O) groups is 1. The summed E-state index contributed by atoms with van der Waals surface area (Å²) in [5.41, 5.74) is 2.16. The lowest BCUT2D eigenvalue weighted by atomic mass is 10.2. The van der Waals surface area contributed by atoms with Crippen molar-refractivity contribution in [2.45, 2.75) is 28.4 Å². The third-order valence-corrected chi connectivity index (χ3v) is 9.24. The molecule has 1 N–H and O–H groups in total. The third-order valence-electron chi connectivity index (χ3n) is 4.99. The zero-order valence-electron chi connectivity index (χ0n) is 16.6. The first-order valence-electron chi connectivity index (χ1n) is 9.79. The fourth-order valence-electron chi connectivity index (χ4n) is 3.34. The lowest BCUT2D eigenvalue weighted by Crippen LogP contribution is -2.28. The summed E-state index contributed by atoms with van der Waals surface area (Å²) < 4.78 is 27.3. The molecule has 1 aliphatic rings. The van der Waals surface area contributed by atoms with Crippen LogP contribution in [0.1, 0.15) is 28.8 Å². The molecule has 0 atom stereocenters. The van der Waals surface area contributed by atoms with Gasteiger partial charge < -0.3 is 5.32 Å². The Morgan fingerprint density at radius 1 is 1.13 bits per heavy atom. The summed E-state index contributed by atoms with van der Waals surface area (Å²) in [7, 11) is -3.72. The molecule has 0 aliphatic carbocycles. The molecule has 2 heterocycles. The molecule has 0 unspecified atom stereocenters. The Morgan fingerprint density at radius 2 is 1.90 bits per heavy atom. The molecule has 1 aromatic heterocycles.